The Morgan fingerprint density at radius 1 is 1.32 bits per heavy atom. The summed E-state index contributed by atoms with van der Waals surface area (Å²) in [7, 11) is 0. The van der Waals surface area contributed by atoms with Crippen LogP contribution in [-0.2, 0) is 17.6 Å². The van der Waals surface area contributed by atoms with Gasteiger partial charge in [0.2, 0.25) is 5.91 Å². The number of rotatable bonds is 5. The second-order valence-electron chi connectivity index (χ2n) is 7.91. The van der Waals surface area contributed by atoms with Gasteiger partial charge in [0.05, 0.1) is 6.33 Å². The highest BCUT2D eigenvalue weighted by molar-refractivity contribution is 5.93. The van der Waals surface area contributed by atoms with Crippen LogP contribution >= 0.6 is 0 Å². The molecule has 4 rings (SSSR count). The molecule has 8 heteroatoms. The van der Waals surface area contributed by atoms with E-state index in [0.29, 0.717) is 43.9 Å². The highest BCUT2D eigenvalue weighted by Gasteiger charge is 2.42. The van der Waals surface area contributed by atoms with E-state index in [2.05, 4.69) is 15.0 Å². The molecule has 2 amide bonds. The van der Waals surface area contributed by atoms with Gasteiger partial charge in [0, 0.05) is 57.3 Å². The van der Waals surface area contributed by atoms with Crippen LogP contribution in [0.4, 0.5) is 0 Å². The van der Waals surface area contributed by atoms with Gasteiger partial charge >= 0.3 is 0 Å². The maximum absolute atomic E-state index is 12.8. The number of likely N-dealkylation sites (tertiary alicyclic amines) is 2. The van der Waals surface area contributed by atoms with Crippen LogP contribution < -0.4 is 0 Å². The van der Waals surface area contributed by atoms with Crippen molar-refractivity contribution in [2.24, 2.45) is 5.41 Å². The van der Waals surface area contributed by atoms with Gasteiger partial charge in [-0.1, -0.05) is 6.92 Å². The molecule has 0 aromatic carbocycles. The molecule has 2 aliphatic heterocycles. The fourth-order valence-electron chi connectivity index (χ4n) is 4.42. The first-order chi connectivity index (χ1) is 13.6. The molecule has 2 aromatic rings. The zero-order valence-corrected chi connectivity index (χ0v) is 16.3. The topological polar surface area (TPSA) is 95.3 Å². The number of H-pyrrole nitrogens is 1. The van der Waals surface area contributed by atoms with Crippen LogP contribution in [0.3, 0.4) is 0 Å². The third-order valence-electron chi connectivity index (χ3n) is 6.23. The summed E-state index contributed by atoms with van der Waals surface area (Å²) in [5.41, 5.74) is 1.61. The summed E-state index contributed by atoms with van der Waals surface area (Å²) in [5.74, 6) is 0.848. The maximum Gasteiger partial charge on any atom is 0.276 e. The van der Waals surface area contributed by atoms with Crippen molar-refractivity contribution in [1.29, 1.82) is 0 Å². The Balaban J connectivity index is 1.36. The minimum absolute atomic E-state index is 0.0385. The van der Waals surface area contributed by atoms with Gasteiger partial charge in [-0.05, 0) is 24.7 Å². The Morgan fingerprint density at radius 2 is 2.14 bits per heavy atom. The van der Waals surface area contributed by atoms with Crippen molar-refractivity contribution in [3.63, 3.8) is 0 Å². The molecule has 2 aliphatic rings. The van der Waals surface area contributed by atoms with Crippen molar-refractivity contribution >= 4 is 11.8 Å². The molecule has 0 atom stereocenters. The monoisotopic (exact) mass is 385 g/mol. The molecule has 0 radical (unpaired) electrons. The summed E-state index contributed by atoms with van der Waals surface area (Å²) in [6.07, 6.45) is 9.63. The minimum atomic E-state index is -0.0385. The fraction of sp³-hybridized carbons (Fsp3) is 0.600. The van der Waals surface area contributed by atoms with E-state index in [-0.39, 0.29) is 17.2 Å². The molecule has 0 unspecified atom stereocenters. The van der Waals surface area contributed by atoms with Crippen LogP contribution in [0.5, 0.6) is 0 Å². The lowest BCUT2D eigenvalue weighted by molar-refractivity contribution is -0.138. The SMILES string of the molecule is CCc1ocnc1C(=O)N1CCC2(CCC(=O)N(CCc3cnc[nH]3)C2)CC1. The fourth-order valence-corrected chi connectivity index (χ4v) is 4.42. The molecule has 2 fully saturated rings. The van der Waals surface area contributed by atoms with Crippen molar-refractivity contribution in [3.05, 3.63) is 36.1 Å². The van der Waals surface area contributed by atoms with Crippen LogP contribution in [0.1, 0.15) is 54.5 Å². The van der Waals surface area contributed by atoms with Gasteiger partial charge in [-0.2, -0.15) is 0 Å². The van der Waals surface area contributed by atoms with E-state index in [9.17, 15) is 9.59 Å². The Morgan fingerprint density at radius 3 is 2.86 bits per heavy atom. The van der Waals surface area contributed by atoms with E-state index in [4.69, 9.17) is 4.42 Å². The Labute approximate surface area is 164 Å². The van der Waals surface area contributed by atoms with E-state index in [0.717, 1.165) is 37.9 Å². The maximum atomic E-state index is 12.8. The zero-order valence-electron chi connectivity index (χ0n) is 16.3. The number of oxazole rings is 1. The second-order valence-corrected chi connectivity index (χ2v) is 7.91. The molecule has 28 heavy (non-hydrogen) atoms. The summed E-state index contributed by atoms with van der Waals surface area (Å²) in [5, 5.41) is 0. The van der Waals surface area contributed by atoms with E-state index >= 15 is 0 Å². The summed E-state index contributed by atoms with van der Waals surface area (Å²) in [6, 6.07) is 0. The number of nitrogens with one attached hydrogen (secondary N) is 1. The Bertz CT molecular complexity index is 821. The number of piperidine rings is 2. The van der Waals surface area contributed by atoms with E-state index < -0.39 is 0 Å². The number of hydrogen-bond acceptors (Lipinski definition) is 5. The van der Waals surface area contributed by atoms with Gasteiger partial charge in [-0.15, -0.1) is 0 Å². The quantitative estimate of drug-likeness (QED) is 0.850. The third kappa shape index (κ3) is 3.68. The molecule has 2 aromatic heterocycles. The van der Waals surface area contributed by atoms with Gasteiger partial charge in [0.1, 0.15) is 5.76 Å². The molecule has 150 valence electrons. The summed E-state index contributed by atoms with van der Waals surface area (Å²) >= 11 is 0. The normalized spacial score (nSPS) is 19.4. The molecular formula is C20H27N5O3. The molecule has 4 heterocycles. The number of carbonyl (C=O) groups excluding carboxylic acids is 2. The van der Waals surface area contributed by atoms with Crippen LogP contribution in [0.15, 0.2) is 23.3 Å². The summed E-state index contributed by atoms with van der Waals surface area (Å²) in [6.45, 7) is 4.87. The number of nitrogens with zero attached hydrogens (tertiary/aromatic N) is 4. The Kier molecular flexibility index (Phi) is 5.19. The minimum Gasteiger partial charge on any atom is -0.448 e. The van der Waals surface area contributed by atoms with Crippen LogP contribution in [0.2, 0.25) is 0 Å². The molecule has 0 bridgehead atoms. The van der Waals surface area contributed by atoms with E-state index in [1.165, 1.54) is 6.39 Å². The predicted molar refractivity (Wildman–Crippen MR) is 102 cm³/mol. The number of aryl methyl sites for hydroxylation is 1. The largest absolute Gasteiger partial charge is 0.448 e. The molecular weight excluding hydrogens is 358 g/mol. The zero-order chi connectivity index (χ0) is 19.6. The van der Waals surface area contributed by atoms with Crippen molar-refractivity contribution in [1.82, 2.24) is 24.8 Å². The number of imidazole rings is 1. The first kappa shape index (κ1) is 18.7. The van der Waals surface area contributed by atoms with Crippen LogP contribution in [0.25, 0.3) is 0 Å². The average Bonchev–Trinajstić information content (AvgIpc) is 3.40. The average molecular weight is 385 g/mol. The standard InChI is InChI=1S/C20H27N5O3/c1-2-16-18(23-14-28-16)19(27)24-9-6-20(7-10-24)5-3-17(26)25(12-20)8-4-15-11-21-13-22-15/h11,13-14H,2-10,12H2,1H3,(H,21,22). The smallest absolute Gasteiger partial charge is 0.276 e. The molecule has 2 saturated heterocycles. The van der Waals surface area contributed by atoms with Gasteiger partial charge in [-0.25, -0.2) is 9.97 Å². The van der Waals surface area contributed by atoms with Crippen molar-refractivity contribution in [2.75, 3.05) is 26.2 Å². The predicted octanol–water partition coefficient (Wildman–Crippen LogP) is 2.05. The highest BCUT2D eigenvalue weighted by Crippen LogP contribution is 2.40. The third-order valence-corrected chi connectivity index (χ3v) is 6.23. The lowest BCUT2D eigenvalue weighted by atomic mass is 9.72. The van der Waals surface area contributed by atoms with Gasteiger partial charge in [-0.3, -0.25) is 9.59 Å². The van der Waals surface area contributed by atoms with Crippen molar-refractivity contribution in [2.45, 2.75) is 45.4 Å². The number of aromatic nitrogens is 3. The van der Waals surface area contributed by atoms with Crippen LogP contribution in [0, 0.1) is 5.41 Å². The van der Waals surface area contributed by atoms with Gasteiger partial charge < -0.3 is 19.2 Å². The van der Waals surface area contributed by atoms with E-state index in [1.807, 2.05) is 22.9 Å². The number of aromatic amines is 1. The molecule has 1 spiro atoms. The van der Waals surface area contributed by atoms with Crippen LogP contribution in [-0.4, -0.2) is 62.7 Å². The second kappa shape index (κ2) is 7.77. The van der Waals surface area contributed by atoms with Crippen molar-refractivity contribution in [3.8, 4) is 0 Å². The summed E-state index contributed by atoms with van der Waals surface area (Å²) in [4.78, 5) is 40.3. The van der Waals surface area contributed by atoms with E-state index in [1.54, 1.807) is 6.33 Å². The number of hydrogen-bond donors (Lipinski definition) is 1. The number of amides is 2. The van der Waals surface area contributed by atoms with Gasteiger partial charge in [0.15, 0.2) is 12.1 Å². The lowest BCUT2D eigenvalue weighted by Crippen LogP contribution is -2.52. The molecule has 1 N–H and O–H groups in total. The molecule has 8 nitrogen and oxygen atoms in total. The number of carbonyl (C=O) groups is 2. The lowest BCUT2D eigenvalue weighted by Gasteiger charge is -2.47. The Hall–Kier alpha value is -2.64. The summed E-state index contributed by atoms with van der Waals surface area (Å²) < 4.78 is 5.31. The first-order valence-corrected chi connectivity index (χ1v) is 10.1. The van der Waals surface area contributed by atoms with Gasteiger partial charge in [0.25, 0.3) is 5.91 Å². The highest BCUT2D eigenvalue weighted by atomic mass is 16.3. The first-order valence-electron chi connectivity index (χ1n) is 10.1. The van der Waals surface area contributed by atoms with Crippen molar-refractivity contribution < 1.29 is 14.0 Å². The molecule has 0 aliphatic carbocycles. The molecule has 0 saturated carbocycles.